The molecule has 0 saturated heterocycles. The van der Waals surface area contributed by atoms with Crippen molar-refractivity contribution in [1.82, 2.24) is 0 Å². The van der Waals surface area contributed by atoms with Crippen LogP contribution in [-0.4, -0.2) is 26.4 Å². The summed E-state index contributed by atoms with van der Waals surface area (Å²) in [7, 11) is -3.43. The number of benzene rings is 3. The number of rotatable bonds is 5. The number of ketones is 1. The van der Waals surface area contributed by atoms with Gasteiger partial charge in [0.25, 0.3) is 5.91 Å². The topological polar surface area (TPSA) is 80.3 Å². The smallest absolute Gasteiger partial charge is 0.255 e. The van der Waals surface area contributed by atoms with Gasteiger partial charge < -0.3 is 5.32 Å². The van der Waals surface area contributed by atoms with Gasteiger partial charge in [0, 0.05) is 22.9 Å². The fraction of sp³-hybridized carbons (Fsp3) is 0.0909. The third-order valence-corrected chi connectivity index (χ3v) is 5.34. The van der Waals surface area contributed by atoms with Crippen molar-refractivity contribution in [1.29, 1.82) is 0 Å². The molecular weight excluding hydrogens is 374 g/mol. The molecule has 3 rings (SSSR count). The Labute approximate surface area is 164 Å². The highest BCUT2D eigenvalue weighted by Crippen LogP contribution is 2.22. The summed E-state index contributed by atoms with van der Waals surface area (Å²) in [6.07, 6.45) is 1.08. The van der Waals surface area contributed by atoms with Gasteiger partial charge in [-0.2, -0.15) is 0 Å². The van der Waals surface area contributed by atoms with Gasteiger partial charge in [0.15, 0.2) is 15.6 Å². The molecule has 5 nitrogen and oxygen atoms in total. The zero-order chi connectivity index (χ0) is 20.3. The molecule has 0 aromatic heterocycles. The first-order valence-electron chi connectivity index (χ1n) is 8.57. The lowest BCUT2D eigenvalue weighted by atomic mass is 9.99. The van der Waals surface area contributed by atoms with Crippen LogP contribution in [0.1, 0.15) is 31.8 Å². The van der Waals surface area contributed by atoms with Crippen molar-refractivity contribution >= 4 is 27.2 Å². The van der Waals surface area contributed by atoms with Crippen molar-refractivity contribution in [3.63, 3.8) is 0 Å². The van der Waals surface area contributed by atoms with E-state index in [1.807, 2.05) is 13.0 Å². The summed E-state index contributed by atoms with van der Waals surface area (Å²) in [5.41, 5.74) is 2.34. The Balaban J connectivity index is 1.95. The number of anilines is 1. The molecule has 0 unspecified atom stereocenters. The van der Waals surface area contributed by atoms with E-state index >= 15 is 0 Å². The molecule has 0 spiro atoms. The Kier molecular flexibility index (Phi) is 5.42. The summed E-state index contributed by atoms with van der Waals surface area (Å²) in [6.45, 7) is 1.86. The number of carbonyl (C=O) groups is 2. The zero-order valence-electron chi connectivity index (χ0n) is 15.5. The van der Waals surface area contributed by atoms with Gasteiger partial charge in [-0.15, -0.1) is 0 Å². The maximum atomic E-state index is 12.9. The van der Waals surface area contributed by atoms with E-state index in [0.29, 0.717) is 16.8 Å². The quantitative estimate of drug-likeness (QED) is 0.667. The van der Waals surface area contributed by atoms with Crippen LogP contribution < -0.4 is 5.32 Å². The van der Waals surface area contributed by atoms with Crippen molar-refractivity contribution in [3.8, 4) is 0 Å². The van der Waals surface area contributed by atoms with Gasteiger partial charge in [-0.25, -0.2) is 8.42 Å². The average molecular weight is 393 g/mol. The third kappa shape index (κ3) is 4.35. The average Bonchev–Trinajstić information content (AvgIpc) is 2.69. The van der Waals surface area contributed by atoms with Crippen LogP contribution in [0, 0.1) is 6.92 Å². The van der Waals surface area contributed by atoms with Gasteiger partial charge in [-0.05, 0) is 37.3 Å². The van der Waals surface area contributed by atoms with Gasteiger partial charge in [0.2, 0.25) is 0 Å². The minimum Gasteiger partial charge on any atom is -0.321 e. The number of hydrogen-bond acceptors (Lipinski definition) is 4. The molecule has 3 aromatic carbocycles. The predicted molar refractivity (Wildman–Crippen MR) is 109 cm³/mol. The maximum Gasteiger partial charge on any atom is 0.255 e. The SMILES string of the molecule is Cc1ccc(NC(=O)c2cccc(S(C)(=O)=O)c2)c(C(=O)c2ccccc2)c1. The molecule has 0 fully saturated rings. The van der Waals surface area contributed by atoms with Crippen molar-refractivity contribution in [2.24, 2.45) is 0 Å². The fourth-order valence-electron chi connectivity index (χ4n) is 2.76. The molecule has 142 valence electrons. The molecule has 3 aromatic rings. The molecule has 28 heavy (non-hydrogen) atoms. The Hall–Kier alpha value is -3.25. The fourth-order valence-corrected chi connectivity index (χ4v) is 3.43. The summed E-state index contributed by atoms with van der Waals surface area (Å²) in [6, 6.07) is 19.8. The standard InChI is InChI=1S/C22H19NO4S/c1-15-11-12-20(19(13-15)21(24)16-7-4-3-5-8-16)23-22(25)17-9-6-10-18(14-17)28(2,26)27/h3-14H,1-2H3,(H,23,25). The van der Waals surface area contributed by atoms with Crippen LogP contribution in [0.3, 0.4) is 0 Å². The zero-order valence-corrected chi connectivity index (χ0v) is 16.3. The lowest BCUT2D eigenvalue weighted by Crippen LogP contribution is -2.16. The second-order valence-electron chi connectivity index (χ2n) is 6.50. The Bertz CT molecular complexity index is 1150. The Morgan fingerprint density at radius 2 is 1.50 bits per heavy atom. The lowest BCUT2D eigenvalue weighted by Gasteiger charge is -2.12. The molecule has 0 radical (unpaired) electrons. The van der Waals surface area contributed by atoms with Crippen LogP contribution in [0.25, 0.3) is 0 Å². The van der Waals surface area contributed by atoms with Crippen LogP contribution in [0.2, 0.25) is 0 Å². The molecule has 1 N–H and O–H groups in total. The molecule has 0 saturated carbocycles. The third-order valence-electron chi connectivity index (χ3n) is 4.23. The van der Waals surface area contributed by atoms with Gasteiger partial charge in [-0.1, -0.05) is 48.0 Å². The van der Waals surface area contributed by atoms with E-state index in [-0.39, 0.29) is 16.2 Å². The second kappa shape index (κ2) is 7.78. The normalized spacial score (nSPS) is 11.1. The van der Waals surface area contributed by atoms with Crippen LogP contribution in [0.4, 0.5) is 5.69 Å². The van der Waals surface area contributed by atoms with E-state index in [9.17, 15) is 18.0 Å². The van der Waals surface area contributed by atoms with Crippen molar-refractivity contribution in [2.75, 3.05) is 11.6 Å². The molecule has 0 atom stereocenters. The molecular formula is C22H19NO4S. The molecule has 0 aliphatic rings. The van der Waals surface area contributed by atoms with Gasteiger partial charge >= 0.3 is 0 Å². The first kappa shape index (κ1) is 19.5. The van der Waals surface area contributed by atoms with E-state index in [4.69, 9.17) is 0 Å². The van der Waals surface area contributed by atoms with E-state index in [0.717, 1.165) is 11.8 Å². The maximum absolute atomic E-state index is 12.9. The number of aryl methyl sites for hydroxylation is 1. The second-order valence-corrected chi connectivity index (χ2v) is 8.51. The van der Waals surface area contributed by atoms with Gasteiger partial charge in [0.05, 0.1) is 10.6 Å². The summed E-state index contributed by atoms with van der Waals surface area (Å²) in [5, 5.41) is 2.73. The molecule has 1 amide bonds. The molecule has 0 aliphatic carbocycles. The highest BCUT2D eigenvalue weighted by atomic mass is 32.2. The Morgan fingerprint density at radius 1 is 0.821 bits per heavy atom. The number of amides is 1. The number of carbonyl (C=O) groups excluding carboxylic acids is 2. The molecule has 0 heterocycles. The van der Waals surface area contributed by atoms with E-state index < -0.39 is 15.7 Å². The number of sulfone groups is 1. The lowest BCUT2D eigenvalue weighted by molar-refractivity contribution is 0.102. The molecule has 0 aliphatic heterocycles. The van der Waals surface area contributed by atoms with Crippen molar-refractivity contribution < 1.29 is 18.0 Å². The van der Waals surface area contributed by atoms with Crippen LogP contribution in [0.15, 0.2) is 77.7 Å². The number of hydrogen-bond donors (Lipinski definition) is 1. The van der Waals surface area contributed by atoms with Gasteiger partial charge in [0.1, 0.15) is 0 Å². The largest absolute Gasteiger partial charge is 0.321 e. The summed E-state index contributed by atoms with van der Waals surface area (Å²) in [5.74, 6) is -0.694. The van der Waals surface area contributed by atoms with Crippen LogP contribution in [0.5, 0.6) is 0 Å². The predicted octanol–water partition coefficient (Wildman–Crippen LogP) is 3.88. The molecule has 0 bridgehead atoms. The highest BCUT2D eigenvalue weighted by molar-refractivity contribution is 7.90. The Morgan fingerprint density at radius 3 is 2.18 bits per heavy atom. The van der Waals surface area contributed by atoms with Crippen molar-refractivity contribution in [2.45, 2.75) is 11.8 Å². The van der Waals surface area contributed by atoms with E-state index in [1.165, 1.54) is 24.3 Å². The van der Waals surface area contributed by atoms with Crippen LogP contribution in [-0.2, 0) is 9.84 Å². The highest BCUT2D eigenvalue weighted by Gasteiger charge is 2.17. The first-order chi connectivity index (χ1) is 13.3. The monoisotopic (exact) mass is 393 g/mol. The first-order valence-corrected chi connectivity index (χ1v) is 10.5. The van der Waals surface area contributed by atoms with Crippen molar-refractivity contribution in [3.05, 3.63) is 95.1 Å². The minimum atomic E-state index is -3.43. The molecule has 6 heteroatoms. The van der Waals surface area contributed by atoms with E-state index in [1.54, 1.807) is 42.5 Å². The van der Waals surface area contributed by atoms with Crippen LogP contribution >= 0.6 is 0 Å². The summed E-state index contributed by atoms with van der Waals surface area (Å²) < 4.78 is 23.5. The minimum absolute atomic E-state index is 0.0599. The summed E-state index contributed by atoms with van der Waals surface area (Å²) in [4.78, 5) is 25.6. The summed E-state index contributed by atoms with van der Waals surface area (Å²) >= 11 is 0. The number of nitrogens with one attached hydrogen (secondary N) is 1. The van der Waals surface area contributed by atoms with E-state index in [2.05, 4.69) is 5.32 Å². The van der Waals surface area contributed by atoms with Gasteiger partial charge in [-0.3, -0.25) is 9.59 Å².